The Balaban J connectivity index is 1.47. The van der Waals surface area contributed by atoms with Gasteiger partial charge in [0, 0.05) is 27.9 Å². The van der Waals surface area contributed by atoms with E-state index in [4.69, 9.17) is 16.0 Å². The fraction of sp³-hybridized carbons (Fsp3) is 0.0833. The van der Waals surface area contributed by atoms with E-state index < -0.39 is 29.6 Å². The van der Waals surface area contributed by atoms with Gasteiger partial charge in [0.1, 0.15) is 18.1 Å². The second-order valence-electron chi connectivity index (χ2n) is 7.37. The molecule has 0 radical (unpaired) electrons. The van der Waals surface area contributed by atoms with Crippen molar-refractivity contribution < 1.29 is 28.7 Å². The Morgan fingerprint density at radius 2 is 1.94 bits per heavy atom. The molecule has 0 unspecified atom stereocenters. The smallest absolute Gasteiger partial charge is 0.294 e. The monoisotopic (exact) mass is 495 g/mol. The Bertz CT molecular complexity index is 1360. The first-order valence-electron chi connectivity index (χ1n) is 9.94. The summed E-state index contributed by atoms with van der Waals surface area (Å²) < 4.78 is 5.69. The van der Waals surface area contributed by atoms with E-state index >= 15 is 0 Å². The summed E-state index contributed by atoms with van der Waals surface area (Å²) in [5, 5.41) is 13.3. The molecule has 0 saturated carbocycles. The third-order valence-electron chi connectivity index (χ3n) is 4.85. The number of nitrogens with one attached hydrogen (secondary N) is 1. The number of carboxylic acids is 1. The van der Waals surface area contributed by atoms with Crippen LogP contribution in [0.1, 0.15) is 21.7 Å². The van der Waals surface area contributed by atoms with Crippen LogP contribution in [0.4, 0.5) is 10.5 Å². The third kappa shape index (κ3) is 5.05. The van der Waals surface area contributed by atoms with Gasteiger partial charge in [-0.3, -0.25) is 19.3 Å². The molecule has 1 aliphatic heterocycles. The summed E-state index contributed by atoms with van der Waals surface area (Å²) in [6.07, 6.45) is 1.39. The number of benzene rings is 2. The highest BCUT2D eigenvalue weighted by Crippen LogP contribution is 2.33. The van der Waals surface area contributed by atoms with Crippen molar-refractivity contribution in [3.63, 3.8) is 0 Å². The lowest BCUT2D eigenvalue weighted by Crippen LogP contribution is -2.36. The van der Waals surface area contributed by atoms with Crippen molar-refractivity contribution in [3.05, 3.63) is 81.4 Å². The standard InChI is InChI=1S/C24H17ClN2O6S/c1-13-3-2-4-15(9-13)26-21(28)12-27-22(29)20(34-24(27)32)11-16-6-8-19(33-16)14-5-7-18(25)17(10-14)23(30)31/h2-11H,12H2,1H3,(H,26,28)(H,30,31)/p-1/b20-11+. The van der Waals surface area contributed by atoms with Crippen molar-refractivity contribution in [2.75, 3.05) is 11.9 Å². The number of amides is 3. The maximum absolute atomic E-state index is 12.7. The normalized spacial score (nSPS) is 14.6. The maximum atomic E-state index is 12.7. The van der Waals surface area contributed by atoms with Crippen LogP contribution in [0.3, 0.4) is 0 Å². The Labute approximate surface area is 203 Å². The number of carboxylic acid groups (broad SMARTS) is 1. The zero-order valence-electron chi connectivity index (χ0n) is 17.7. The number of nitrogens with zero attached hydrogens (tertiary/aromatic N) is 1. The van der Waals surface area contributed by atoms with Crippen LogP contribution in [-0.4, -0.2) is 34.5 Å². The Morgan fingerprint density at radius 1 is 1.15 bits per heavy atom. The molecule has 0 aliphatic carbocycles. The van der Waals surface area contributed by atoms with Gasteiger partial charge in [0.2, 0.25) is 5.91 Å². The Morgan fingerprint density at radius 3 is 2.68 bits per heavy atom. The number of hydrogen-bond donors (Lipinski definition) is 1. The molecule has 1 fully saturated rings. The van der Waals surface area contributed by atoms with Crippen LogP contribution in [0.25, 0.3) is 17.4 Å². The number of carbonyl (C=O) groups excluding carboxylic acids is 4. The number of carbonyl (C=O) groups is 4. The number of rotatable bonds is 6. The van der Waals surface area contributed by atoms with Gasteiger partial charge in [-0.1, -0.05) is 23.7 Å². The largest absolute Gasteiger partial charge is 0.545 e. The van der Waals surface area contributed by atoms with Gasteiger partial charge in [-0.05, 0) is 66.7 Å². The Kier molecular flexibility index (Phi) is 6.58. The van der Waals surface area contributed by atoms with Crippen molar-refractivity contribution in [1.82, 2.24) is 4.90 Å². The van der Waals surface area contributed by atoms with Crippen LogP contribution in [0.5, 0.6) is 0 Å². The molecule has 3 aromatic rings. The summed E-state index contributed by atoms with van der Waals surface area (Å²) in [6, 6.07) is 14.6. The molecular formula is C24H16ClN2O6S-. The molecule has 34 heavy (non-hydrogen) atoms. The lowest BCUT2D eigenvalue weighted by molar-refractivity contribution is -0.255. The van der Waals surface area contributed by atoms with Crippen molar-refractivity contribution in [2.45, 2.75) is 6.92 Å². The zero-order chi connectivity index (χ0) is 24.4. The number of furan rings is 1. The highest BCUT2D eigenvalue weighted by atomic mass is 35.5. The molecule has 8 nitrogen and oxygen atoms in total. The molecule has 10 heteroatoms. The number of thioether (sulfide) groups is 1. The van der Waals surface area contributed by atoms with Crippen LogP contribution < -0.4 is 10.4 Å². The van der Waals surface area contributed by atoms with Gasteiger partial charge in [-0.2, -0.15) is 0 Å². The number of imide groups is 1. The van der Waals surface area contributed by atoms with Gasteiger partial charge in [-0.25, -0.2) is 0 Å². The van der Waals surface area contributed by atoms with Crippen molar-refractivity contribution >= 4 is 58.1 Å². The summed E-state index contributed by atoms with van der Waals surface area (Å²) in [7, 11) is 0. The van der Waals surface area contributed by atoms with E-state index in [1.165, 1.54) is 18.2 Å². The summed E-state index contributed by atoms with van der Waals surface area (Å²) in [6.45, 7) is 1.46. The molecule has 4 rings (SSSR count). The molecule has 1 aromatic heterocycles. The average Bonchev–Trinajstić information content (AvgIpc) is 3.34. The number of aromatic carboxylic acids is 1. The molecule has 2 aromatic carbocycles. The van der Waals surface area contributed by atoms with E-state index in [9.17, 15) is 24.3 Å². The number of hydrogen-bond acceptors (Lipinski definition) is 7. The predicted octanol–water partition coefficient (Wildman–Crippen LogP) is 3.95. The molecular weight excluding hydrogens is 480 g/mol. The first-order chi connectivity index (χ1) is 16.2. The molecule has 0 bridgehead atoms. The highest BCUT2D eigenvalue weighted by molar-refractivity contribution is 8.18. The second kappa shape index (κ2) is 9.58. The van der Waals surface area contributed by atoms with E-state index in [0.717, 1.165) is 10.5 Å². The molecule has 3 amide bonds. The molecule has 0 spiro atoms. The Hall–Kier alpha value is -3.82. The van der Waals surface area contributed by atoms with Crippen molar-refractivity contribution in [3.8, 4) is 11.3 Å². The molecule has 2 heterocycles. The van der Waals surface area contributed by atoms with Crippen molar-refractivity contribution in [2.24, 2.45) is 0 Å². The quantitative estimate of drug-likeness (QED) is 0.514. The molecule has 172 valence electrons. The van der Waals surface area contributed by atoms with E-state index in [2.05, 4.69) is 5.32 Å². The maximum Gasteiger partial charge on any atom is 0.294 e. The minimum absolute atomic E-state index is 0.0376. The minimum Gasteiger partial charge on any atom is -0.545 e. The SMILES string of the molecule is Cc1cccc(NC(=O)CN2C(=O)S/C(=C/c3ccc(-c4ccc(Cl)c(C(=O)[O-])c4)o3)C2=O)c1. The summed E-state index contributed by atoms with van der Waals surface area (Å²) in [5.41, 5.74) is 1.80. The lowest BCUT2D eigenvalue weighted by atomic mass is 10.1. The summed E-state index contributed by atoms with van der Waals surface area (Å²) in [5.74, 6) is -1.92. The van der Waals surface area contributed by atoms with Crippen LogP contribution in [-0.2, 0) is 9.59 Å². The minimum atomic E-state index is -1.42. The number of halogens is 1. The van der Waals surface area contributed by atoms with Gasteiger partial charge in [0.25, 0.3) is 11.1 Å². The van der Waals surface area contributed by atoms with Gasteiger partial charge in [-0.15, -0.1) is 0 Å². The summed E-state index contributed by atoms with van der Waals surface area (Å²) in [4.78, 5) is 49.5. The number of aryl methyl sites for hydroxylation is 1. The molecule has 1 aliphatic rings. The average molecular weight is 496 g/mol. The second-order valence-corrected chi connectivity index (χ2v) is 8.77. The highest BCUT2D eigenvalue weighted by Gasteiger charge is 2.36. The van der Waals surface area contributed by atoms with E-state index in [0.29, 0.717) is 28.8 Å². The molecule has 0 atom stereocenters. The first kappa shape index (κ1) is 23.3. The van der Waals surface area contributed by atoms with Gasteiger partial charge < -0.3 is 19.6 Å². The van der Waals surface area contributed by atoms with Gasteiger partial charge >= 0.3 is 0 Å². The predicted molar refractivity (Wildman–Crippen MR) is 126 cm³/mol. The lowest BCUT2D eigenvalue weighted by Gasteiger charge is -2.12. The van der Waals surface area contributed by atoms with Gasteiger partial charge in [0.15, 0.2) is 0 Å². The zero-order valence-corrected chi connectivity index (χ0v) is 19.2. The van der Waals surface area contributed by atoms with E-state index in [1.807, 2.05) is 13.0 Å². The van der Waals surface area contributed by atoms with Crippen LogP contribution in [0, 0.1) is 6.92 Å². The fourth-order valence-corrected chi connectivity index (χ4v) is 4.27. The number of anilines is 1. The fourth-order valence-electron chi connectivity index (χ4n) is 3.25. The van der Waals surface area contributed by atoms with Crippen LogP contribution >= 0.6 is 23.4 Å². The van der Waals surface area contributed by atoms with Gasteiger partial charge in [0.05, 0.1) is 10.9 Å². The summed E-state index contributed by atoms with van der Waals surface area (Å²) >= 11 is 6.56. The van der Waals surface area contributed by atoms with Crippen LogP contribution in [0.2, 0.25) is 5.02 Å². The molecule has 1 N–H and O–H groups in total. The third-order valence-corrected chi connectivity index (χ3v) is 6.09. The van der Waals surface area contributed by atoms with Crippen molar-refractivity contribution in [1.29, 1.82) is 0 Å². The first-order valence-corrected chi connectivity index (χ1v) is 11.1. The van der Waals surface area contributed by atoms with E-state index in [1.54, 1.807) is 36.4 Å². The van der Waals surface area contributed by atoms with E-state index in [-0.39, 0.29) is 21.3 Å². The topological polar surface area (TPSA) is 120 Å². The molecule has 1 saturated heterocycles. The van der Waals surface area contributed by atoms with Crippen LogP contribution in [0.15, 0.2) is 63.9 Å².